The van der Waals surface area contributed by atoms with Crippen LogP contribution in [-0.2, 0) is 23.2 Å². The highest BCUT2D eigenvalue weighted by atomic mass is 35.5. The number of alkyl halides is 1. The lowest BCUT2D eigenvalue weighted by Gasteiger charge is -2.06. The minimum atomic E-state index is -0.838. The molecule has 2 heterocycles. The van der Waals surface area contributed by atoms with E-state index in [2.05, 4.69) is 15.0 Å². The van der Waals surface area contributed by atoms with Gasteiger partial charge in [-0.3, -0.25) is 4.21 Å². The first-order valence-corrected chi connectivity index (χ1v) is 7.88. The summed E-state index contributed by atoms with van der Waals surface area (Å²) >= 11 is 5.90. The van der Waals surface area contributed by atoms with Gasteiger partial charge in [-0.2, -0.15) is 4.98 Å². The molecule has 0 fully saturated rings. The van der Waals surface area contributed by atoms with Gasteiger partial charge in [0.1, 0.15) is 12.2 Å². The fourth-order valence-corrected chi connectivity index (χ4v) is 2.66. The molecular weight excluding hydrogens is 288 g/mol. The maximum atomic E-state index is 11.6. The van der Waals surface area contributed by atoms with Gasteiger partial charge in [0, 0.05) is 28.9 Å². The summed E-state index contributed by atoms with van der Waals surface area (Å²) in [5, 5.41) is 0. The Kier molecular flexibility index (Phi) is 4.71. The van der Waals surface area contributed by atoms with Crippen molar-refractivity contribution in [3.8, 4) is 5.88 Å². The van der Waals surface area contributed by atoms with E-state index in [0.29, 0.717) is 40.9 Å². The average Bonchev–Trinajstić information content (AvgIpc) is 2.82. The van der Waals surface area contributed by atoms with Crippen LogP contribution in [0, 0.1) is 0 Å². The summed E-state index contributed by atoms with van der Waals surface area (Å²) in [4.78, 5) is 12.6. The van der Waals surface area contributed by atoms with Crippen molar-refractivity contribution in [3.05, 3.63) is 12.2 Å². The molecule has 104 valence electrons. The van der Waals surface area contributed by atoms with Gasteiger partial charge in [-0.15, -0.1) is 11.6 Å². The van der Waals surface area contributed by atoms with Crippen molar-refractivity contribution >= 4 is 33.6 Å². The van der Waals surface area contributed by atoms with Crippen molar-refractivity contribution in [1.82, 2.24) is 19.5 Å². The number of fused-ring (bicyclic) bond motifs is 1. The number of hydrogen-bond acceptors (Lipinski definition) is 5. The minimum absolute atomic E-state index is 0.262. The van der Waals surface area contributed by atoms with E-state index in [1.807, 2.05) is 11.5 Å². The van der Waals surface area contributed by atoms with Crippen LogP contribution in [0.25, 0.3) is 11.2 Å². The van der Waals surface area contributed by atoms with Crippen LogP contribution >= 0.6 is 11.6 Å². The van der Waals surface area contributed by atoms with Crippen molar-refractivity contribution in [1.29, 1.82) is 0 Å². The molecule has 8 heteroatoms. The number of aryl methyl sites for hydroxylation is 1. The smallest absolute Gasteiger partial charge is 0.245 e. The Balaban J connectivity index is 2.43. The maximum absolute atomic E-state index is 11.6. The van der Waals surface area contributed by atoms with Crippen LogP contribution in [0.5, 0.6) is 5.88 Å². The predicted octanol–water partition coefficient (Wildman–Crippen LogP) is 1.34. The monoisotopic (exact) mass is 302 g/mol. The molecule has 0 aliphatic rings. The lowest BCUT2D eigenvalue weighted by Crippen LogP contribution is -2.11. The molecule has 0 aromatic carbocycles. The first-order valence-electron chi connectivity index (χ1n) is 5.86. The highest BCUT2D eigenvalue weighted by Gasteiger charge is 2.15. The quantitative estimate of drug-likeness (QED) is 0.753. The van der Waals surface area contributed by atoms with Crippen LogP contribution in [0.15, 0.2) is 6.33 Å². The maximum Gasteiger partial charge on any atom is 0.245 e. The Morgan fingerprint density at radius 1 is 1.47 bits per heavy atom. The van der Waals surface area contributed by atoms with Crippen LogP contribution in [0.4, 0.5) is 0 Å². The summed E-state index contributed by atoms with van der Waals surface area (Å²) < 4.78 is 18.6. The fraction of sp³-hybridized carbons (Fsp3) is 0.545. The molecule has 6 nitrogen and oxygen atoms in total. The average molecular weight is 303 g/mol. The van der Waals surface area contributed by atoms with Gasteiger partial charge >= 0.3 is 0 Å². The lowest BCUT2D eigenvalue weighted by atomic mass is 10.5. The largest absolute Gasteiger partial charge is 0.479 e. The van der Waals surface area contributed by atoms with Crippen LogP contribution in [-0.4, -0.2) is 42.3 Å². The number of nitrogens with zero attached hydrogens (tertiary/aromatic N) is 4. The third-order valence-corrected chi connectivity index (χ3v) is 4.28. The van der Waals surface area contributed by atoms with Gasteiger partial charge in [-0.05, 0) is 0 Å². The van der Waals surface area contributed by atoms with E-state index in [4.69, 9.17) is 16.3 Å². The topological polar surface area (TPSA) is 69.9 Å². The molecular formula is C11H15ClN4O2S. The van der Waals surface area contributed by atoms with E-state index in [1.54, 1.807) is 0 Å². The molecule has 1 unspecified atom stereocenters. The van der Waals surface area contributed by atoms with Crippen molar-refractivity contribution < 1.29 is 8.95 Å². The van der Waals surface area contributed by atoms with E-state index in [-0.39, 0.29) is 5.88 Å². The molecule has 0 saturated carbocycles. The first kappa shape index (κ1) is 14.2. The molecule has 19 heavy (non-hydrogen) atoms. The molecule has 0 aliphatic carbocycles. The number of hydrogen-bond donors (Lipinski definition) is 0. The van der Waals surface area contributed by atoms with Gasteiger partial charge in [0.15, 0.2) is 11.2 Å². The number of imidazole rings is 1. The second kappa shape index (κ2) is 6.29. The molecule has 0 N–H and O–H groups in total. The van der Waals surface area contributed by atoms with Gasteiger partial charge in [0.05, 0.1) is 13.0 Å². The van der Waals surface area contributed by atoms with Gasteiger partial charge < -0.3 is 9.30 Å². The van der Waals surface area contributed by atoms with Gasteiger partial charge in [0.25, 0.3) is 0 Å². The summed E-state index contributed by atoms with van der Waals surface area (Å²) in [6, 6.07) is 0. The summed E-state index contributed by atoms with van der Waals surface area (Å²) in [6.45, 7) is 2.47. The van der Waals surface area contributed by atoms with E-state index >= 15 is 0 Å². The number of aromatic nitrogens is 4. The molecule has 0 saturated heterocycles. The molecule has 0 spiro atoms. The number of methoxy groups -OCH3 is 1. The zero-order valence-corrected chi connectivity index (χ0v) is 12.4. The van der Waals surface area contributed by atoms with Gasteiger partial charge in [-0.25, -0.2) is 9.97 Å². The molecule has 0 bridgehead atoms. The highest BCUT2D eigenvalue weighted by Crippen LogP contribution is 2.22. The predicted molar refractivity (Wildman–Crippen MR) is 75.0 cm³/mol. The Hall–Kier alpha value is -1.21. The number of ether oxygens (including phenoxy) is 1. The van der Waals surface area contributed by atoms with Crippen LogP contribution in [0.2, 0.25) is 0 Å². The van der Waals surface area contributed by atoms with Crippen LogP contribution in [0.3, 0.4) is 0 Å². The van der Waals surface area contributed by atoms with Gasteiger partial charge in [0.2, 0.25) is 5.88 Å². The van der Waals surface area contributed by atoms with E-state index in [9.17, 15) is 4.21 Å². The Bertz CT molecular complexity index is 602. The third kappa shape index (κ3) is 2.87. The summed E-state index contributed by atoms with van der Waals surface area (Å²) in [5.74, 6) is 2.56. The molecule has 0 aliphatic heterocycles. The van der Waals surface area contributed by atoms with Crippen molar-refractivity contribution in [2.75, 3.05) is 18.6 Å². The van der Waals surface area contributed by atoms with E-state index in [1.165, 1.54) is 13.4 Å². The molecule has 1 atom stereocenters. The lowest BCUT2D eigenvalue weighted by molar-refractivity contribution is 0.401. The summed E-state index contributed by atoms with van der Waals surface area (Å²) in [5.41, 5.74) is 1.25. The van der Waals surface area contributed by atoms with E-state index < -0.39 is 10.8 Å². The SMILES string of the molecule is CCS(=O)CCn1c(CCl)nc2c(OC)ncnc21. The van der Waals surface area contributed by atoms with E-state index in [0.717, 1.165) is 0 Å². The molecule has 2 aromatic rings. The Labute approximate surface area is 118 Å². The van der Waals surface area contributed by atoms with Crippen molar-refractivity contribution in [2.45, 2.75) is 19.3 Å². The van der Waals surface area contributed by atoms with Crippen LogP contribution in [0.1, 0.15) is 12.7 Å². The summed E-state index contributed by atoms with van der Waals surface area (Å²) in [7, 11) is 0.697. The minimum Gasteiger partial charge on any atom is -0.479 e. The van der Waals surface area contributed by atoms with Gasteiger partial charge in [-0.1, -0.05) is 6.92 Å². The first-order chi connectivity index (χ1) is 9.21. The Morgan fingerprint density at radius 3 is 2.89 bits per heavy atom. The van der Waals surface area contributed by atoms with Crippen molar-refractivity contribution in [3.63, 3.8) is 0 Å². The zero-order valence-electron chi connectivity index (χ0n) is 10.8. The fourth-order valence-electron chi connectivity index (χ4n) is 1.78. The zero-order chi connectivity index (χ0) is 13.8. The third-order valence-electron chi connectivity index (χ3n) is 2.75. The summed E-state index contributed by atoms with van der Waals surface area (Å²) in [6.07, 6.45) is 1.42. The normalized spacial score (nSPS) is 12.8. The highest BCUT2D eigenvalue weighted by molar-refractivity contribution is 7.84. The van der Waals surface area contributed by atoms with Crippen LogP contribution < -0.4 is 4.74 Å². The standard InChI is InChI=1S/C11H15ClN4O2S/c1-3-19(17)5-4-16-8(6-12)15-9-10(16)13-7-14-11(9)18-2/h7H,3-6H2,1-2H3. The molecule has 2 aromatic heterocycles. The second-order valence-electron chi connectivity index (χ2n) is 3.80. The number of halogens is 1. The molecule has 0 amide bonds. The Morgan fingerprint density at radius 2 is 2.26 bits per heavy atom. The molecule has 0 radical (unpaired) electrons. The molecule has 2 rings (SSSR count). The van der Waals surface area contributed by atoms with Crippen molar-refractivity contribution in [2.24, 2.45) is 0 Å². The second-order valence-corrected chi connectivity index (χ2v) is 5.93. The number of rotatable bonds is 6.